The third-order valence-corrected chi connectivity index (χ3v) is 1.85. The summed E-state index contributed by atoms with van der Waals surface area (Å²) in [5.41, 5.74) is 1.27. The van der Waals surface area contributed by atoms with Gasteiger partial charge in [0.25, 0.3) is 0 Å². The van der Waals surface area contributed by atoms with Crippen molar-refractivity contribution in [2.45, 2.75) is 33.8 Å². The van der Waals surface area contributed by atoms with Gasteiger partial charge >= 0.3 is 0 Å². The van der Waals surface area contributed by atoms with Crippen LogP contribution in [0, 0.1) is 17.2 Å². The fourth-order valence-corrected chi connectivity index (χ4v) is 0.836. The van der Waals surface area contributed by atoms with Crippen LogP contribution < -0.4 is 0 Å². The van der Waals surface area contributed by atoms with Crippen molar-refractivity contribution in [3.8, 4) is 6.07 Å². The normalized spacial score (nSPS) is 11.4. The molecule has 0 saturated carbocycles. The Morgan fingerprint density at radius 3 is 2.13 bits per heavy atom. The number of nitriles is 1. The van der Waals surface area contributed by atoms with Crippen LogP contribution in [0.4, 0.5) is 0 Å². The highest BCUT2D eigenvalue weighted by atomic mass is 16.5. The van der Waals surface area contributed by atoms with E-state index in [1.807, 2.05) is 33.8 Å². The minimum atomic E-state index is 0.0290. The van der Waals surface area contributed by atoms with Crippen molar-refractivity contribution in [2.24, 2.45) is 5.92 Å². The second-order valence-electron chi connectivity index (χ2n) is 4.00. The fraction of sp³-hybridized carbons (Fsp3) is 0.462. The number of rotatable bonds is 5. The average molecular weight is 205 g/mol. The quantitative estimate of drug-likeness (QED) is 0.390. The molecule has 0 amide bonds. The Morgan fingerprint density at radius 2 is 1.80 bits per heavy atom. The number of allylic oxidation sites excluding steroid dienone is 3. The predicted octanol–water partition coefficient (Wildman–Crippen LogP) is 3.59. The van der Waals surface area contributed by atoms with Crippen LogP contribution in [0.3, 0.4) is 0 Å². The van der Waals surface area contributed by atoms with Gasteiger partial charge in [-0.05, 0) is 31.4 Å². The molecule has 2 heteroatoms. The van der Waals surface area contributed by atoms with Crippen molar-refractivity contribution in [1.29, 1.82) is 5.26 Å². The molecule has 0 fully saturated rings. The average Bonchev–Trinajstić information content (AvgIpc) is 2.14. The first-order chi connectivity index (χ1) is 6.88. The summed E-state index contributed by atoms with van der Waals surface area (Å²) in [4.78, 5) is 0. The standard InChI is InChI=1S/C13H19NO/c1-9(2)11(5)7-13(12(6)8-14)15-10(3)4/h7,9-10H,5-6H2,1-4H3/b13-7+. The smallest absolute Gasteiger partial charge is 0.137 e. The second-order valence-corrected chi connectivity index (χ2v) is 4.00. The summed E-state index contributed by atoms with van der Waals surface area (Å²) >= 11 is 0. The lowest BCUT2D eigenvalue weighted by Crippen LogP contribution is -2.04. The van der Waals surface area contributed by atoms with E-state index in [1.165, 1.54) is 0 Å². The number of hydrogen-bond donors (Lipinski definition) is 0. The van der Waals surface area contributed by atoms with Crippen molar-refractivity contribution < 1.29 is 4.74 Å². The molecular weight excluding hydrogens is 186 g/mol. The zero-order valence-electron chi connectivity index (χ0n) is 10.0. The molecule has 0 aliphatic carbocycles. The summed E-state index contributed by atoms with van der Waals surface area (Å²) in [5.74, 6) is 0.855. The summed E-state index contributed by atoms with van der Waals surface area (Å²) in [6.45, 7) is 15.5. The van der Waals surface area contributed by atoms with Crippen LogP contribution in [-0.4, -0.2) is 6.10 Å². The fourth-order valence-electron chi connectivity index (χ4n) is 0.836. The molecule has 0 spiro atoms. The molecule has 0 rings (SSSR count). The number of nitrogens with zero attached hydrogens (tertiary/aromatic N) is 1. The SMILES string of the molecule is C=C(C#N)/C(=C\C(=C)C(C)C)OC(C)C. The third kappa shape index (κ3) is 5.07. The Labute approximate surface area is 92.6 Å². The molecule has 0 bridgehead atoms. The predicted molar refractivity (Wildman–Crippen MR) is 63.0 cm³/mol. The highest BCUT2D eigenvalue weighted by Crippen LogP contribution is 2.17. The summed E-state index contributed by atoms with van der Waals surface area (Å²) in [7, 11) is 0. The maximum atomic E-state index is 8.77. The molecule has 0 aliphatic rings. The molecule has 0 aromatic carbocycles. The monoisotopic (exact) mass is 205 g/mol. The van der Waals surface area contributed by atoms with Crippen LogP contribution in [0.2, 0.25) is 0 Å². The van der Waals surface area contributed by atoms with E-state index in [2.05, 4.69) is 13.2 Å². The van der Waals surface area contributed by atoms with Crippen LogP contribution in [0.15, 0.2) is 36.1 Å². The highest BCUT2D eigenvalue weighted by molar-refractivity contribution is 5.39. The van der Waals surface area contributed by atoms with E-state index >= 15 is 0 Å². The molecule has 15 heavy (non-hydrogen) atoms. The van der Waals surface area contributed by atoms with Crippen molar-refractivity contribution >= 4 is 0 Å². The van der Waals surface area contributed by atoms with E-state index in [-0.39, 0.29) is 6.10 Å². The molecule has 0 aromatic heterocycles. The highest BCUT2D eigenvalue weighted by Gasteiger charge is 2.07. The number of hydrogen-bond acceptors (Lipinski definition) is 2. The van der Waals surface area contributed by atoms with E-state index in [9.17, 15) is 0 Å². The third-order valence-electron chi connectivity index (χ3n) is 1.85. The van der Waals surface area contributed by atoms with Gasteiger partial charge in [-0.15, -0.1) is 0 Å². The Morgan fingerprint density at radius 1 is 1.27 bits per heavy atom. The van der Waals surface area contributed by atoms with Crippen molar-refractivity contribution in [3.63, 3.8) is 0 Å². The first-order valence-electron chi connectivity index (χ1n) is 5.05. The lowest BCUT2D eigenvalue weighted by molar-refractivity contribution is 0.155. The van der Waals surface area contributed by atoms with Gasteiger partial charge in [-0.2, -0.15) is 5.26 Å². The molecule has 0 N–H and O–H groups in total. The molecule has 0 unspecified atom stereocenters. The van der Waals surface area contributed by atoms with Gasteiger partial charge in [0.1, 0.15) is 11.8 Å². The van der Waals surface area contributed by atoms with Gasteiger partial charge in [0.05, 0.1) is 11.7 Å². The maximum absolute atomic E-state index is 8.77. The first-order valence-corrected chi connectivity index (χ1v) is 5.05. The first kappa shape index (κ1) is 13.5. The van der Waals surface area contributed by atoms with E-state index in [1.54, 1.807) is 6.08 Å². The van der Waals surface area contributed by atoms with Crippen LogP contribution in [0.1, 0.15) is 27.7 Å². The van der Waals surface area contributed by atoms with E-state index in [0.29, 0.717) is 17.3 Å². The molecular formula is C13H19NO. The van der Waals surface area contributed by atoms with Crippen LogP contribution in [-0.2, 0) is 4.74 Å². The topological polar surface area (TPSA) is 33.0 Å². The van der Waals surface area contributed by atoms with Gasteiger partial charge in [-0.3, -0.25) is 0 Å². The van der Waals surface area contributed by atoms with E-state index in [4.69, 9.17) is 10.00 Å². The number of ether oxygens (including phenoxy) is 1. The lowest BCUT2D eigenvalue weighted by Gasteiger charge is -2.14. The lowest BCUT2D eigenvalue weighted by atomic mass is 10.0. The summed E-state index contributed by atoms with van der Waals surface area (Å²) in [6.07, 6.45) is 1.82. The summed E-state index contributed by atoms with van der Waals surface area (Å²) < 4.78 is 5.50. The molecule has 0 heterocycles. The molecule has 0 radical (unpaired) electrons. The van der Waals surface area contributed by atoms with Crippen molar-refractivity contribution in [1.82, 2.24) is 0 Å². The van der Waals surface area contributed by atoms with Crippen LogP contribution in [0.25, 0.3) is 0 Å². The minimum absolute atomic E-state index is 0.0290. The van der Waals surface area contributed by atoms with Gasteiger partial charge < -0.3 is 4.74 Å². The van der Waals surface area contributed by atoms with Gasteiger partial charge in [0.2, 0.25) is 0 Å². The second kappa shape index (κ2) is 6.08. The molecule has 2 nitrogen and oxygen atoms in total. The van der Waals surface area contributed by atoms with Gasteiger partial charge in [-0.1, -0.05) is 27.0 Å². The van der Waals surface area contributed by atoms with Crippen molar-refractivity contribution in [2.75, 3.05) is 0 Å². The summed E-state index contributed by atoms with van der Waals surface area (Å²) in [6, 6.07) is 1.99. The molecule has 0 aromatic rings. The largest absolute Gasteiger partial charge is 0.490 e. The van der Waals surface area contributed by atoms with Gasteiger partial charge in [0, 0.05) is 0 Å². The van der Waals surface area contributed by atoms with Crippen LogP contribution >= 0.6 is 0 Å². The summed E-state index contributed by atoms with van der Waals surface area (Å²) in [5, 5.41) is 8.77. The molecule has 82 valence electrons. The Bertz CT molecular complexity index is 316. The molecule has 0 atom stereocenters. The van der Waals surface area contributed by atoms with Crippen molar-refractivity contribution in [3.05, 3.63) is 36.1 Å². The Balaban J connectivity index is 4.87. The van der Waals surface area contributed by atoms with Crippen LogP contribution in [0.5, 0.6) is 0 Å². The zero-order chi connectivity index (χ0) is 12.0. The Kier molecular flexibility index (Phi) is 5.48. The molecule has 0 aliphatic heterocycles. The zero-order valence-corrected chi connectivity index (χ0v) is 10.0. The van der Waals surface area contributed by atoms with Gasteiger partial charge in [-0.25, -0.2) is 0 Å². The van der Waals surface area contributed by atoms with E-state index < -0.39 is 0 Å². The minimum Gasteiger partial charge on any atom is -0.490 e. The molecule has 0 saturated heterocycles. The Hall–Kier alpha value is -1.49. The van der Waals surface area contributed by atoms with E-state index in [0.717, 1.165) is 5.57 Å². The van der Waals surface area contributed by atoms with Gasteiger partial charge in [0.15, 0.2) is 0 Å². The maximum Gasteiger partial charge on any atom is 0.137 e.